The smallest absolute Gasteiger partial charge is 0.302 e. The first-order chi connectivity index (χ1) is 12.9. The fourth-order valence-corrected chi connectivity index (χ4v) is 7.85. The standard InChI is InChI=1S/C23H34O4/c1-15(24)27-17-6-9-21(2)16(14-17)4-5-18-19(21)7-10-22(3)20(18)8-11-23(22)25-12-13-26-23/h4,17-20H,5-14H2,1-3H3/t17-,18?,19?,20?,21+,22+/m1/s1. The topological polar surface area (TPSA) is 44.8 Å². The summed E-state index contributed by atoms with van der Waals surface area (Å²) in [5.41, 5.74) is 2.01. The van der Waals surface area contributed by atoms with Gasteiger partial charge in [0, 0.05) is 25.2 Å². The number of esters is 1. The van der Waals surface area contributed by atoms with E-state index in [0.717, 1.165) is 50.7 Å². The highest BCUT2D eigenvalue weighted by molar-refractivity contribution is 5.66. The average molecular weight is 375 g/mol. The van der Waals surface area contributed by atoms with Crippen LogP contribution in [0.2, 0.25) is 0 Å². The summed E-state index contributed by atoms with van der Waals surface area (Å²) < 4.78 is 18.1. The normalized spacial score (nSPS) is 47.7. The Morgan fingerprint density at radius 3 is 2.56 bits per heavy atom. The highest BCUT2D eigenvalue weighted by Crippen LogP contribution is 2.68. The van der Waals surface area contributed by atoms with E-state index in [-0.39, 0.29) is 28.7 Å². The summed E-state index contributed by atoms with van der Waals surface area (Å²) in [7, 11) is 0. The summed E-state index contributed by atoms with van der Waals surface area (Å²) in [5, 5.41) is 0. The fraction of sp³-hybridized carbons (Fsp3) is 0.870. The molecule has 4 aliphatic carbocycles. The van der Waals surface area contributed by atoms with Gasteiger partial charge >= 0.3 is 5.97 Å². The predicted molar refractivity (Wildman–Crippen MR) is 102 cm³/mol. The molecule has 1 spiro atoms. The molecule has 0 aromatic heterocycles. The Morgan fingerprint density at radius 1 is 1.07 bits per heavy atom. The molecule has 4 nitrogen and oxygen atoms in total. The van der Waals surface area contributed by atoms with E-state index in [1.165, 1.54) is 32.6 Å². The molecule has 27 heavy (non-hydrogen) atoms. The number of ether oxygens (including phenoxy) is 3. The molecule has 5 aliphatic rings. The van der Waals surface area contributed by atoms with Crippen LogP contribution in [0.4, 0.5) is 0 Å². The van der Waals surface area contributed by atoms with Gasteiger partial charge in [0.05, 0.1) is 13.2 Å². The van der Waals surface area contributed by atoms with Crippen LogP contribution in [0.5, 0.6) is 0 Å². The molecule has 6 atom stereocenters. The molecule has 5 rings (SSSR count). The number of allylic oxidation sites excluding steroid dienone is 1. The van der Waals surface area contributed by atoms with Gasteiger partial charge in [-0.25, -0.2) is 0 Å². The maximum Gasteiger partial charge on any atom is 0.302 e. The first kappa shape index (κ1) is 18.2. The fourth-order valence-electron chi connectivity index (χ4n) is 7.85. The van der Waals surface area contributed by atoms with Crippen LogP contribution in [-0.4, -0.2) is 31.1 Å². The minimum absolute atomic E-state index is 0.0854. The number of fused-ring (bicyclic) bond motifs is 6. The molecule has 1 aliphatic heterocycles. The zero-order chi connectivity index (χ0) is 18.9. The van der Waals surface area contributed by atoms with E-state index in [9.17, 15) is 4.79 Å². The third-order valence-corrected chi connectivity index (χ3v) is 9.19. The summed E-state index contributed by atoms with van der Waals surface area (Å²) in [6.45, 7) is 8.00. The third kappa shape index (κ3) is 2.45. The predicted octanol–water partition coefficient (Wildman–Crippen LogP) is 4.62. The van der Waals surface area contributed by atoms with Crippen molar-refractivity contribution < 1.29 is 19.0 Å². The summed E-state index contributed by atoms with van der Waals surface area (Å²) in [6, 6.07) is 0. The Bertz CT molecular complexity index is 663. The van der Waals surface area contributed by atoms with Crippen LogP contribution < -0.4 is 0 Å². The van der Waals surface area contributed by atoms with Gasteiger partial charge in [0.1, 0.15) is 6.10 Å². The first-order valence-electron chi connectivity index (χ1n) is 11.0. The third-order valence-electron chi connectivity index (χ3n) is 9.19. The Hall–Kier alpha value is -0.870. The number of carbonyl (C=O) groups excluding carboxylic acids is 1. The molecule has 1 saturated heterocycles. The van der Waals surface area contributed by atoms with Gasteiger partial charge in [-0.1, -0.05) is 25.5 Å². The quantitative estimate of drug-likeness (QED) is 0.496. The molecule has 4 fully saturated rings. The van der Waals surface area contributed by atoms with E-state index in [1.54, 1.807) is 5.57 Å². The van der Waals surface area contributed by atoms with Crippen LogP contribution in [0.25, 0.3) is 0 Å². The maximum absolute atomic E-state index is 11.4. The largest absolute Gasteiger partial charge is 0.462 e. The SMILES string of the molecule is CC(=O)O[C@@H]1CC[C@@]2(C)C(=CCC3C2CC[C@@]2(C)C3CCC23OCCO3)C1. The van der Waals surface area contributed by atoms with Crippen molar-refractivity contribution >= 4 is 5.97 Å². The molecule has 0 aromatic rings. The lowest BCUT2D eigenvalue weighted by Crippen LogP contribution is -2.55. The van der Waals surface area contributed by atoms with Crippen molar-refractivity contribution in [3.63, 3.8) is 0 Å². The summed E-state index contributed by atoms with van der Waals surface area (Å²) in [4.78, 5) is 11.4. The van der Waals surface area contributed by atoms with Gasteiger partial charge in [-0.05, 0) is 61.7 Å². The summed E-state index contributed by atoms with van der Waals surface area (Å²) in [5.74, 6) is 1.76. The molecule has 3 unspecified atom stereocenters. The minimum atomic E-state index is -0.305. The van der Waals surface area contributed by atoms with E-state index in [2.05, 4.69) is 19.9 Å². The molecule has 4 heteroatoms. The second kappa shape index (κ2) is 6.06. The molecule has 0 N–H and O–H groups in total. The second-order valence-corrected chi connectivity index (χ2v) is 10.2. The lowest BCUT2D eigenvalue weighted by molar-refractivity contribution is -0.242. The van der Waals surface area contributed by atoms with Crippen LogP contribution in [0.15, 0.2) is 11.6 Å². The molecule has 0 amide bonds. The molecule has 0 radical (unpaired) electrons. The van der Waals surface area contributed by atoms with Gasteiger partial charge < -0.3 is 14.2 Å². The molecular weight excluding hydrogens is 340 g/mol. The molecule has 1 heterocycles. The van der Waals surface area contributed by atoms with E-state index in [1.807, 2.05) is 0 Å². The van der Waals surface area contributed by atoms with Crippen LogP contribution in [0.1, 0.15) is 72.1 Å². The lowest BCUT2D eigenvalue weighted by Gasteiger charge is -2.58. The van der Waals surface area contributed by atoms with E-state index in [0.29, 0.717) is 5.92 Å². The van der Waals surface area contributed by atoms with Crippen molar-refractivity contribution in [2.45, 2.75) is 84.0 Å². The van der Waals surface area contributed by atoms with Gasteiger partial charge in [-0.2, -0.15) is 0 Å². The van der Waals surface area contributed by atoms with Gasteiger partial charge in [0.2, 0.25) is 0 Å². The Balaban J connectivity index is 1.41. The van der Waals surface area contributed by atoms with E-state index >= 15 is 0 Å². The zero-order valence-corrected chi connectivity index (χ0v) is 17.1. The summed E-state index contributed by atoms with van der Waals surface area (Å²) >= 11 is 0. The van der Waals surface area contributed by atoms with Crippen LogP contribution in [-0.2, 0) is 19.0 Å². The second-order valence-electron chi connectivity index (χ2n) is 10.2. The number of hydrogen-bond donors (Lipinski definition) is 0. The molecule has 3 saturated carbocycles. The first-order valence-corrected chi connectivity index (χ1v) is 11.0. The Morgan fingerprint density at radius 2 is 1.81 bits per heavy atom. The average Bonchev–Trinajstić information content (AvgIpc) is 3.21. The van der Waals surface area contributed by atoms with Gasteiger partial charge in [0.15, 0.2) is 5.79 Å². The maximum atomic E-state index is 11.4. The van der Waals surface area contributed by atoms with Crippen LogP contribution in [0.3, 0.4) is 0 Å². The highest BCUT2D eigenvalue weighted by Gasteiger charge is 2.66. The van der Waals surface area contributed by atoms with Crippen molar-refractivity contribution in [1.29, 1.82) is 0 Å². The number of hydrogen-bond acceptors (Lipinski definition) is 4. The highest BCUT2D eigenvalue weighted by atomic mass is 16.7. The van der Waals surface area contributed by atoms with Crippen molar-refractivity contribution in [2.75, 3.05) is 13.2 Å². The van der Waals surface area contributed by atoms with E-state index in [4.69, 9.17) is 14.2 Å². The van der Waals surface area contributed by atoms with Crippen LogP contribution >= 0.6 is 0 Å². The number of carbonyl (C=O) groups is 1. The van der Waals surface area contributed by atoms with Gasteiger partial charge in [0.25, 0.3) is 0 Å². The lowest BCUT2D eigenvalue weighted by atomic mass is 9.47. The van der Waals surface area contributed by atoms with Crippen molar-refractivity contribution in [3.05, 3.63) is 11.6 Å². The van der Waals surface area contributed by atoms with Crippen LogP contribution in [0, 0.1) is 28.6 Å². The zero-order valence-electron chi connectivity index (χ0n) is 17.1. The number of rotatable bonds is 1. The van der Waals surface area contributed by atoms with Crippen molar-refractivity contribution in [2.24, 2.45) is 28.6 Å². The minimum Gasteiger partial charge on any atom is -0.462 e. The molecular formula is C23H34O4. The van der Waals surface area contributed by atoms with E-state index < -0.39 is 0 Å². The van der Waals surface area contributed by atoms with Gasteiger partial charge in [-0.15, -0.1) is 0 Å². The Labute approximate surface area is 163 Å². The molecule has 0 aromatic carbocycles. The summed E-state index contributed by atoms with van der Waals surface area (Å²) in [6.07, 6.45) is 11.7. The molecule has 150 valence electrons. The van der Waals surface area contributed by atoms with Crippen molar-refractivity contribution in [1.82, 2.24) is 0 Å². The Kier molecular flexibility index (Phi) is 4.08. The van der Waals surface area contributed by atoms with Gasteiger partial charge in [-0.3, -0.25) is 4.79 Å². The monoisotopic (exact) mass is 374 g/mol. The molecule has 0 bridgehead atoms. The van der Waals surface area contributed by atoms with Crippen molar-refractivity contribution in [3.8, 4) is 0 Å².